The van der Waals surface area contributed by atoms with Gasteiger partial charge in [-0.3, -0.25) is 4.90 Å². The standard InChI is InChI=1S/C19H20ClN3/c20-18-4-1-3-17(13-18)15-22-9-2-10-23(12-11-22)19-7-5-16(14-21)6-8-19/h1,3-8,13H,2,9-12,15H2. The molecule has 0 radical (unpaired) electrons. The maximum Gasteiger partial charge on any atom is 0.0991 e. The second-order valence-corrected chi connectivity index (χ2v) is 6.34. The van der Waals surface area contributed by atoms with Gasteiger partial charge in [0.2, 0.25) is 0 Å². The smallest absolute Gasteiger partial charge is 0.0991 e. The zero-order valence-electron chi connectivity index (χ0n) is 13.1. The van der Waals surface area contributed by atoms with Crippen molar-refractivity contribution in [2.24, 2.45) is 0 Å². The lowest BCUT2D eigenvalue weighted by Crippen LogP contribution is -2.30. The molecule has 1 heterocycles. The summed E-state index contributed by atoms with van der Waals surface area (Å²) in [6.07, 6.45) is 1.14. The lowest BCUT2D eigenvalue weighted by Gasteiger charge is -2.23. The molecule has 2 aromatic rings. The number of hydrogen-bond acceptors (Lipinski definition) is 3. The van der Waals surface area contributed by atoms with Crippen molar-refractivity contribution in [1.29, 1.82) is 5.26 Å². The van der Waals surface area contributed by atoms with Gasteiger partial charge >= 0.3 is 0 Å². The first-order valence-corrected chi connectivity index (χ1v) is 8.34. The normalized spacial score (nSPS) is 15.9. The van der Waals surface area contributed by atoms with E-state index in [-0.39, 0.29) is 0 Å². The summed E-state index contributed by atoms with van der Waals surface area (Å²) in [6, 6.07) is 18.2. The molecule has 3 nitrogen and oxygen atoms in total. The highest BCUT2D eigenvalue weighted by Crippen LogP contribution is 2.19. The Hall–Kier alpha value is -2.02. The summed E-state index contributed by atoms with van der Waals surface area (Å²) in [7, 11) is 0. The summed E-state index contributed by atoms with van der Waals surface area (Å²) in [6.45, 7) is 5.14. The van der Waals surface area contributed by atoms with E-state index in [1.807, 2.05) is 42.5 Å². The molecule has 1 aliphatic heterocycles. The molecule has 3 rings (SSSR count). The van der Waals surface area contributed by atoms with Gasteiger partial charge < -0.3 is 4.90 Å². The quantitative estimate of drug-likeness (QED) is 0.856. The van der Waals surface area contributed by atoms with Crippen LogP contribution in [-0.4, -0.2) is 31.1 Å². The fraction of sp³-hybridized carbons (Fsp3) is 0.316. The molecule has 0 atom stereocenters. The Morgan fingerprint density at radius 2 is 1.83 bits per heavy atom. The van der Waals surface area contributed by atoms with E-state index in [4.69, 9.17) is 16.9 Å². The van der Waals surface area contributed by atoms with Crippen LogP contribution < -0.4 is 4.90 Å². The van der Waals surface area contributed by atoms with Crippen LogP contribution in [0.5, 0.6) is 0 Å². The maximum atomic E-state index is 8.90. The lowest BCUT2D eigenvalue weighted by molar-refractivity contribution is 0.285. The van der Waals surface area contributed by atoms with Gasteiger partial charge in [-0.1, -0.05) is 23.7 Å². The molecule has 118 valence electrons. The minimum atomic E-state index is 0.714. The number of rotatable bonds is 3. The van der Waals surface area contributed by atoms with Crippen LogP contribution >= 0.6 is 11.6 Å². The van der Waals surface area contributed by atoms with Gasteiger partial charge in [0.1, 0.15) is 0 Å². The van der Waals surface area contributed by atoms with Gasteiger partial charge in [0.05, 0.1) is 11.6 Å². The summed E-state index contributed by atoms with van der Waals surface area (Å²) < 4.78 is 0. The molecule has 0 N–H and O–H groups in total. The van der Waals surface area contributed by atoms with E-state index >= 15 is 0 Å². The van der Waals surface area contributed by atoms with E-state index < -0.39 is 0 Å². The summed E-state index contributed by atoms with van der Waals surface area (Å²) in [5.74, 6) is 0. The van der Waals surface area contributed by atoms with E-state index in [1.165, 1.54) is 11.3 Å². The fourth-order valence-corrected chi connectivity index (χ4v) is 3.24. The third kappa shape index (κ3) is 4.25. The number of hydrogen-bond donors (Lipinski definition) is 0. The summed E-state index contributed by atoms with van der Waals surface area (Å²) >= 11 is 6.07. The largest absolute Gasteiger partial charge is 0.370 e. The van der Waals surface area contributed by atoms with Crippen LogP contribution in [0, 0.1) is 11.3 Å². The van der Waals surface area contributed by atoms with Gasteiger partial charge in [0.15, 0.2) is 0 Å². The number of halogens is 1. The first-order valence-electron chi connectivity index (χ1n) is 7.96. The molecule has 23 heavy (non-hydrogen) atoms. The van der Waals surface area contributed by atoms with Crippen LogP contribution in [0.4, 0.5) is 5.69 Å². The molecule has 1 aliphatic rings. The van der Waals surface area contributed by atoms with E-state index in [9.17, 15) is 0 Å². The number of benzene rings is 2. The zero-order chi connectivity index (χ0) is 16.1. The third-order valence-corrected chi connectivity index (χ3v) is 4.48. The Bertz CT molecular complexity index is 691. The van der Waals surface area contributed by atoms with Gasteiger partial charge in [-0.15, -0.1) is 0 Å². The van der Waals surface area contributed by atoms with Crippen molar-refractivity contribution in [2.75, 3.05) is 31.1 Å². The molecule has 0 spiro atoms. The molecule has 0 unspecified atom stereocenters. The summed E-state index contributed by atoms with van der Waals surface area (Å²) in [4.78, 5) is 4.88. The highest BCUT2D eigenvalue weighted by molar-refractivity contribution is 6.30. The second kappa shape index (κ2) is 7.50. The van der Waals surface area contributed by atoms with Crippen molar-refractivity contribution < 1.29 is 0 Å². The molecule has 0 aliphatic carbocycles. The predicted octanol–water partition coefficient (Wildman–Crippen LogP) is 3.92. The third-order valence-electron chi connectivity index (χ3n) is 4.25. The van der Waals surface area contributed by atoms with Gasteiger partial charge in [-0.2, -0.15) is 5.26 Å². The Kier molecular flexibility index (Phi) is 5.17. The number of nitriles is 1. The molecular weight excluding hydrogens is 306 g/mol. The molecule has 0 amide bonds. The molecule has 0 bridgehead atoms. The number of anilines is 1. The van der Waals surface area contributed by atoms with Gasteiger partial charge in [-0.25, -0.2) is 0 Å². The topological polar surface area (TPSA) is 30.3 Å². The van der Waals surface area contributed by atoms with Crippen molar-refractivity contribution in [3.05, 3.63) is 64.7 Å². The van der Waals surface area contributed by atoms with Crippen molar-refractivity contribution in [2.45, 2.75) is 13.0 Å². The second-order valence-electron chi connectivity index (χ2n) is 5.91. The van der Waals surface area contributed by atoms with Crippen molar-refractivity contribution >= 4 is 17.3 Å². The molecule has 0 saturated carbocycles. The van der Waals surface area contributed by atoms with E-state index in [0.29, 0.717) is 5.56 Å². The maximum absolute atomic E-state index is 8.90. The fourth-order valence-electron chi connectivity index (χ4n) is 3.03. The van der Waals surface area contributed by atoms with Crippen LogP contribution in [0.15, 0.2) is 48.5 Å². The molecule has 1 fully saturated rings. The van der Waals surface area contributed by atoms with Crippen LogP contribution in [-0.2, 0) is 6.54 Å². The average molecular weight is 326 g/mol. The Balaban J connectivity index is 1.61. The number of nitrogens with zero attached hydrogens (tertiary/aromatic N) is 3. The monoisotopic (exact) mass is 325 g/mol. The minimum absolute atomic E-state index is 0.714. The molecule has 4 heteroatoms. The van der Waals surface area contributed by atoms with E-state index in [2.05, 4.69) is 21.9 Å². The first kappa shape index (κ1) is 15.9. The van der Waals surface area contributed by atoms with Crippen molar-refractivity contribution in [3.8, 4) is 6.07 Å². The van der Waals surface area contributed by atoms with E-state index in [0.717, 1.165) is 44.2 Å². The first-order chi connectivity index (χ1) is 11.2. The van der Waals surface area contributed by atoms with Gasteiger partial charge in [0.25, 0.3) is 0 Å². The van der Waals surface area contributed by atoms with Crippen LogP contribution in [0.1, 0.15) is 17.5 Å². The van der Waals surface area contributed by atoms with Crippen LogP contribution in [0.2, 0.25) is 5.02 Å². The highest BCUT2D eigenvalue weighted by Gasteiger charge is 2.15. The van der Waals surface area contributed by atoms with Gasteiger partial charge in [-0.05, 0) is 48.4 Å². The summed E-state index contributed by atoms with van der Waals surface area (Å²) in [5.41, 5.74) is 3.18. The van der Waals surface area contributed by atoms with Crippen LogP contribution in [0.3, 0.4) is 0 Å². The SMILES string of the molecule is N#Cc1ccc(N2CCCN(Cc3cccc(Cl)c3)CC2)cc1. The van der Waals surface area contributed by atoms with Gasteiger partial charge in [0, 0.05) is 43.4 Å². The van der Waals surface area contributed by atoms with E-state index in [1.54, 1.807) is 0 Å². The Labute approximate surface area is 142 Å². The summed E-state index contributed by atoms with van der Waals surface area (Å²) in [5, 5.41) is 9.70. The highest BCUT2D eigenvalue weighted by atomic mass is 35.5. The Morgan fingerprint density at radius 3 is 2.57 bits per heavy atom. The molecule has 1 saturated heterocycles. The zero-order valence-corrected chi connectivity index (χ0v) is 13.8. The van der Waals surface area contributed by atoms with Crippen molar-refractivity contribution in [1.82, 2.24) is 4.90 Å². The Morgan fingerprint density at radius 1 is 1.00 bits per heavy atom. The lowest BCUT2D eigenvalue weighted by atomic mass is 10.2. The average Bonchev–Trinajstić information content (AvgIpc) is 2.81. The van der Waals surface area contributed by atoms with Crippen molar-refractivity contribution in [3.63, 3.8) is 0 Å². The predicted molar refractivity (Wildman–Crippen MR) is 94.7 cm³/mol. The minimum Gasteiger partial charge on any atom is -0.370 e. The molecular formula is C19H20ClN3. The molecule has 0 aromatic heterocycles. The molecule has 2 aromatic carbocycles. The van der Waals surface area contributed by atoms with Crippen LogP contribution in [0.25, 0.3) is 0 Å².